The summed E-state index contributed by atoms with van der Waals surface area (Å²) in [5.41, 5.74) is 10.5. The average molecular weight is 650 g/mol. The Bertz CT molecular complexity index is 2790. The number of benzene rings is 8. The Morgan fingerprint density at radius 3 is 1.45 bits per heavy atom. The summed E-state index contributed by atoms with van der Waals surface area (Å²) in [5.74, 6) is 0.684. The third-order valence-corrected chi connectivity index (χ3v) is 9.96. The van der Waals surface area contributed by atoms with Gasteiger partial charge in [0, 0.05) is 33.2 Å². The highest BCUT2D eigenvalue weighted by Crippen LogP contribution is 2.40. The van der Waals surface area contributed by atoms with Crippen LogP contribution in [0.4, 0.5) is 0 Å². The van der Waals surface area contributed by atoms with E-state index >= 15 is 0 Å². The number of fused-ring (bicyclic) bond motifs is 6. The molecule has 3 nitrogen and oxygen atoms in total. The van der Waals surface area contributed by atoms with Crippen LogP contribution < -0.4 is 0 Å². The maximum Gasteiger partial charge on any atom is 0.160 e. The predicted octanol–water partition coefficient (Wildman–Crippen LogP) is 12.5. The lowest BCUT2D eigenvalue weighted by atomic mass is 9.92. The van der Waals surface area contributed by atoms with Crippen molar-refractivity contribution in [3.8, 4) is 50.7 Å². The molecule has 2 aromatic heterocycles. The first-order chi connectivity index (χ1) is 25.3. The Labute approximate surface area is 295 Å². The fraction of sp³-hybridized carbons (Fsp3) is 0. The zero-order valence-corrected chi connectivity index (χ0v) is 27.7. The first kappa shape index (κ1) is 29.1. The van der Waals surface area contributed by atoms with Crippen LogP contribution >= 0.6 is 0 Å². The number of aromatic nitrogens is 3. The molecule has 0 saturated heterocycles. The molecule has 2 heterocycles. The lowest BCUT2D eigenvalue weighted by Crippen LogP contribution is -1.99. The normalized spacial score (nSPS) is 11.5. The molecule has 0 aliphatic rings. The molecule has 0 spiro atoms. The molecule has 0 N–H and O–H groups in total. The molecule has 3 heteroatoms. The van der Waals surface area contributed by atoms with E-state index in [4.69, 9.17) is 9.97 Å². The number of hydrogen-bond donors (Lipinski definition) is 0. The van der Waals surface area contributed by atoms with Gasteiger partial charge in [0.15, 0.2) is 5.82 Å². The number of nitrogens with zero attached hydrogens (tertiary/aromatic N) is 3. The van der Waals surface area contributed by atoms with E-state index < -0.39 is 0 Å². The monoisotopic (exact) mass is 649 g/mol. The van der Waals surface area contributed by atoms with Crippen LogP contribution in [0.25, 0.3) is 94.1 Å². The van der Waals surface area contributed by atoms with E-state index in [1.165, 1.54) is 37.9 Å². The molecule has 0 bridgehead atoms. The van der Waals surface area contributed by atoms with Gasteiger partial charge < -0.3 is 4.57 Å². The Kier molecular flexibility index (Phi) is 6.81. The molecule has 0 aliphatic heterocycles. The van der Waals surface area contributed by atoms with E-state index in [1.807, 2.05) is 12.1 Å². The van der Waals surface area contributed by atoms with Crippen molar-refractivity contribution < 1.29 is 0 Å². The van der Waals surface area contributed by atoms with Gasteiger partial charge in [-0.3, -0.25) is 0 Å². The number of rotatable bonds is 5. The molecule has 0 radical (unpaired) electrons. The van der Waals surface area contributed by atoms with Crippen molar-refractivity contribution in [2.24, 2.45) is 0 Å². The summed E-state index contributed by atoms with van der Waals surface area (Å²) in [6, 6.07) is 66.8. The minimum absolute atomic E-state index is 0.684. The minimum atomic E-state index is 0.684. The van der Waals surface area contributed by atoms with Gasteiger partial charge in [0.05, 0.1) is 22.4 Å². The van der Waals surface area contributed by atoms with Crippen LogP contribution in [0.1, 0.15) is 0 Å². The molecule has 0 unspecified atom stereocenters. The second-order valence-corrected chi connectivity index (χ2v) is 13.0. The highest BCUT2D eigenvalue weighted by Gasteiger charge is 2.18. The quantitative estimate of drug-likeness (QED) is 0.174. The maximum atomic E-state index is 5.27. The SMILES string of the molecule is c1ccc(-c2cc(-c3ccccc3)nc(-c3cc(-c4cc5ccccc5c5ccccc45)cc(-n4c5ccccc5c5ccccc54)c3)n2)cc1. The van der Waals surface area contributed by atoms with Gasteiger partial charge in [0.1, 0.15) is 0 Å². The topological polar surface area (TPSA) is 30.7 Å². The Morgan fingerprint density at radius 1 is 0.333 bits per heavy atom. The molecule has 238 valence electrons. The first-order valence-corrected chi connectivity index (χ1v) is 17.3. The molecule has 0 saturated carbocycles. The van der Waals surface area contributed by atoms with E-state index in [1.54, 1.807) is 0 Å². The molecule has 8 aromatic carbocycles. The molecule has 0 aliphatic carbocycles. The summed E-state index contributed by atoms with van der Waals surface area (Å²) in [6.07, 6.45) is 0. The van der Waals surface area contributed by atoms with E-state index in [-0.39, 0.29) is 0 Å². The van der Waals surface area contributed by atoms with Crippen molar-refractivity contribution in [1.29, 1.82) is 0 Å². The van der Waals surface area contributed by atoms with Gasteiger partial charge in [0.2, 0.25) is 0 Å². The van der Waals surface area contributed by atoms with Crippen LogP contribution in [0, 0.1) is 0 Å². The largest absolute Gasteiger partial charge is 0.309 e. The Balaban J connectivity index is 1.30. The van der Waals surface area contributed by atoms with Crippen molar-refractivity contribution in [3.63, 3.8) is 0 Å². The second kappa shape index (κ2) is 11.9. The molecular formula is C48H31N3. The third kappa shape index (κ3) is 4.98. The van der Waals surface area contributed by atoms with Gasteiger partial charge in [-0.05, 0) is 75.1 Å². The van der Waals surface area contributed by atoms with Gasteiger partial charge in [-0.1, -0.05) is 146 Å². The third-order valence-electron chi connectivity index (χ3n) is 9.96. The van der Waals surface area contributed by atoms with E-state index in [0.717, 1.165) is 50.4 Å². The van der Waals surface area contributed by atoms with Crippen LogP contribution in [0.3, 0.4) is 0 Å². The maximum absolute atomic E-state index is 5.27. The van der Waals surface area contributed by atoms with Gasteiger partial charge in [-0.15, -0.1) is 0 Å². The lowest BCUT2D eigenvalue weighted by molar-refractivity contribution is 1.16. The summed E-state index contributed by atoms with van der Waals surface area (Å²) in [7, 11) is 0. The average Bonchev–Trinajstić information content (AvgIpc) is 3.55. The zero-order valence-electron chi connectivity index (χ0n) is 27.7. The van der Waals surface area contributed by atoms with Crippen molar-refractivity contribution in [3.05, 3.63) is 188 Å². The molecule has 10 rings (SSSR count). The smallest absolute Gasteiger partial charge is 0.160 e. The molecular weight excluding hydrogens is 619 g/mol. The second-order valence-electron chi connectivity index (χ2n) is 13.0. The zero-order chi connectivity index (χ0) is 33.7. The summed E-state index contributed by atoms with van der Waals surface area (Å²) in [6.45, 7) is 0. The van der Waals surface area contributed by atoms with E-state index in [0.29, 0.717) is 5.82 Å². The summed E-state index contributed by atoms with van der Waals surface area (Å²) in [5, 5.41) is 7.37. The van der Waals surface area contributed by atoms with Crippen molar-refractivity contribution in [2.75, 3.05) is 0 Å². The van der Waals surface area contributed by atoms with Crippen LogP contribution in [0.2, 0.25) is 0 Å². The fourth-order valence-electron chi connectivity index (χ4n) is 7.61. The summed E-state index contributed by atoms with van der Waals surface area (Å²) < 4.78 is 2.39. The summed E-state index contributed by atoms with van der Waals surface area (Å²) >= 11 is 0. The minimum Gasteiger partial charge on any atom is -0.309 e. The fourth-order valence-corrected chi connectivity index (χ4v) is 7.61. The Morgan fingerprint density at radius 2 is 0.824 bits per heavy atom. The van der Waals surface area contributed by atoms with Crippen molar-refractivity contribution in [1.82, 2.24) is 14.5 Å². The highest BCUT2D eigenvalue weighted by molar-refractivity contribution is 6.14. The van der Waals surface area contributed by atoms with Crippen LogP contribution in [0.5, 0.6) is 0 Å². The lowest BCUT2D eigenvalue weighted by Gasteiger charge is -2.16. The van der Waals surface area contributed by atoms with Crippen molar-refractivity contribution in [2.45, 2.75) is 0 Å². The van der Waals surface area contributed by atoms with E-state index in [2.05, 4.69) is 180 Å². The molecule has 0 fully saturated rings. The van der Waals surface area contributed by atoms with Crippen LogP contribution in [-0.4, -0.2) is 14.5 Å². The van der Waals surface area contributed by atoms with Gasteiger partial charge in [0.25, 0.3) is 0 Å². The van der Waals surface area contributed by atoms with Gasteiger partial charge in [-0.25, -0.2) is 9.97 Å². The van der Waals surface area contributed by atoms with Crippen LogP contribution in [0.15, 0.2) is 188 Å². The van der Waals surface area contributed by atoms with Crippen molar-refractivity contribution >= 4 is 43.4 Å². The van der Waals surface area contributed by atoms with E-state index in [9.17, 15) is 0 Å². The van der Waals surface area contributed by atoms with Gasteiger partial charge >= 0.3 is 0 Å². The van der Waals surface area contributed by atoms with Crippen LogP contribution in [-0.2, 0) is 0 Å². The number of hydrogen-bond acceptors (Lipinski definition) is 2. The standard InChI is InChI=1S/C48H31N3/c1-3-15-32(16-4-1)44-31-45(33-17-5-2-6-18-33)50-48(49-44)36-27-35(43-30-34-19-7-8-20-38(34)39-21-9-10-22-40(39)43)28-37(29-36)51-46-25-13-11-23-41(46)42-24-12-14-26-47(42)51/h1-31H. The molecule has 0 amide bonds. The number of para-hydroxylation sites is 2. The Hall–Kier alpha value is -6.84. The van der Waals surface area contributed by atoms with Gasteiger partial charge in [-0.2, -0.15) is 0 Å². The molecule has 10 aromatic rings. The molecule has 51 heavy (non-hydrogen) atoms. The highest BCUT2D eigenvalue weighted by atomic mass is 15.0. The predicted molar refractivity (Wildman–Crippen MR) is 213 cm³/mol. The molecule has 0 atom stereocenters. The first-order valence-electron chi connectivity index (χ1n) is 17.3. The summed E-state index contributed by atoms with van der Waals surface area (Å²) in [4.78, 5) is 10.5.